The molecule has 1 aromatic rings. The summed E-state index contributed by atoms with van der Waals surface area (Å²) in [6.45, 7) is 2.53. The van der Waals surface area contributed by atoms with E-state index in [2.05, 4.69) is 0 Å². The van der Waals surface area contributed by atoms with E-state index in [0.29, 0.717) is 30.3 Å². The lowest BCUT2D eigenvalue weighted by Crippen LogP contribution is -2.18. The molecule has 1 atom stereocenters. The standard InChI is InChI=1S/C11H13FO3/c1-7(6-13)10-8(12)2-3-9-11(10)15-5-4-14-9/h2-3,7,13H,4-6H2,1H3. The van der Waals surface area contributed by atoms with E-state index in [4.69, 9.17) is 14.6 Å². The van der Waals surface area contributed by atoms with Gasteiger partial charge in [-0.2, -0.15) is 0 Å². The Kier molecular flexibility index (Phi) is 2.77. The molecule has 0 saturated heterocycles. The van der Waals surface area contributed by atoms with Crippen LogP contribution in [0.1, 0.15) is 18.4 Å². The monoisotopic (exact) mass is 212 g/mol. The SMILES string of the molecule is CC(CO)c1c(F)ccc2c1OCCO2. The van der Waals surface area contributed by atoms with E-state index in [1.54, 1.807) is 13.0 Å². The summed E-state index contributed by atoms with van der Waals surface area (Å²) in [5.41, 5.74) is 0.398. The van der Waals surface area contributed by atoms with Crippen LogP contribution in [0.25, 0.3) is 0 Å². The summed E-state index contributed by atoms with van der Waals surface area (Å²) >= 11 is 0. The molecule has 0 spiro atoms. The third-order valence-electron chi connectivity index (χ3n) is 2.46. The summed E-state index contributed by atoms with van der Waals surface area (Å²) in [6.07, 6.45) is 0. The minimum absolute atomic E-state index is 0.114. The number of aliphatic hydroxyl groups excluding tert-OH is 1. The highest BCUT2D eigenvalue weighted by atomic mass is 19.1. The van der Waals surface area contributed by atoms with Crippen molar-refractivity contribution in [2.24, 2.45) is 0 Å². The predicted octanol–water partition coefficient (Wildman–Crippen LogP) is 1.69. The molecule has 1 unspecified atom stereocenters. The summed E-state index contributed by atoms with van der Waals surface area (Å²) in [4.78, 5) is 0. The molecule has 1 N–H and O–H groups in total. The molecule has 15 heavy (non-hydrogen) atoms. The number of halogens is 1. The normalized spacial score (nSPS) is 16.2. The summed E-state index contributed by atoms with van der Waals surface area (Å²) in [7, 11) is 0. The van der Waals surface area contributed by atoms with Gasteiger partial charge in [0, 0.05) is 18.1 Å². The molecule has 1 heterocycles. The largest absolute Gasteiger partial charge is 0.486 e. The van der Waals surface area contributed by atoms with Gasteiger partial charge in [-0.15, -0.1) is 0 Å². The fourth-order valence-corrected chi connectivity index (χ4v) is 1.66. The van der Waals surface area contributed by atoms with Crippen LogP contribution in [0.3, 0.4) is 0 Å². The number of aliphatic hydroxyl groups is 1. The summed E-state index contributed by atoms with van der Waals surface area (Å²) in [5, 5.41) is 9.05. The van der Waals surface area contributed by atoms with E-state index >= 15 is 0 Å². The van der Waals surface area contributed by atoms with Crippen molar-refractivity contribution < 1.29 is 19.0 Å². The van der Waals surface area contributed by atoms with Gasteiger partial charge < -0.3 is 14.6 Å². The second kappa shape index (κ2) is 4.06. The fourth-order valence-electron chi connectivity index (χ4n) is 1.66. The molecule has 0 aromatic heterocycles. The van der Waals surface area contributed by atoms with Crippen molar-refractivity contribution in [3.05, 3.63) is 23.5 Å². The van der Waals surface area contributed by atoms with E-state index in [1.807, 2.05) is 0 Å². The Bertz CT molecular complexity index is 365. The van der Waals surface area contributed by atoms with Crippen molar-refractivity contribution in [2.45, 2.75) is 12.8 Å². The molecule has 1 aromatic carbocycles. The number of ether oxygens (including phenoxy) is 2. The number of benzene rings is 1. The molecule has 82 valence electrons. The third kappa shape index (κ3) is 1.77. The molecule has 3 nitrogen and oxygen atoms in total. The van der Waals surface area contributed by atoms with Crippen molar-refractivity contribution in [1.82, 2.24) is 0 Å². The lowest BCUT2D eigenvalue weighted by atomic mass is 9.99. The van der Waals surface area contributed by atoms with Gasteiger partial charge in [-0.1, -0.05) is 6.92 Å². The van der Waals surface area contributed by atoms with Gasteiger partial charge in [0.2, 0.25) is 0 Å². The lowest BCUT2D eigenvalue weighted by molar-refractivity contribution is 0.166. The summed E-state index contributed by atoms with van der Waals surface area (Å²) in [6, 6.07) is 2.90. The topological polar surface area (TPSA) is 38.7 Å². The molecule has 2 rings (SSSR count). The number of hydrogen-bond acceptors (Lipinski definition) is 3. The Labute approximate surface area is 87.4 Å². The highest BCUT2D eigenvalue weighted by Gasteiger charge is 2.23. The van der Waals surface area contributed by atoms with Crippen LogP contribution in [0.15, 0.2) is 12.1 Å². The van der Waals surface area contributed by atoms with Crippen LogP contribution in [0, 0.1) is 5.82 Å². The molecule has 0 amide bonds. The summed E-state index contributed by atoms with van der Waals surface area (Å²) < 4.78 is 24.3. The van der Waals surface area contributed by atoms with Crippen molar-refractivity contribution in [2.75, 3.05) is 19.8 Å². The smallest absolute Gasteiger partial charge is 0.167 e. The maximum absolute atomic E-state index is 13.6. The Morgan fingerprint density at radius 2 is 2.13 bits per heavy atom. The predicted molar refractivity (Wildman–Crippen MR) is 52.9 cm³/mol. The molecular formula is C11H13FO3. The summed E-state index contributed by atoms with van der Waals surface area (Å²) in [5.74, 6) is 0.336. The van der Waals surface area contributed by atoms with Gasteiger partial charge >= 0.3 is 0 Å². The van der Waals surface area contributed by atoms with Gasteiger partial charge in [0.25, 0.3) is 0 Å². The Hall–Kier alpha value is -1.29. The number of fused-ring (bicyclic) bond motifs is 1. The van der Waals surface area contributed by atoms with Crippen molar-refractivity contribution in [1.29, 1.82) is 0 Å². The molecule has 4 heteroatoms. The van der Waals surface area contributed by atoms with Gasteiger partial charge in [-0.05, 0) is 12.1 Å². The van der Waals surface area contributed by atoms with Crippen LogP contribution in [-0.2, 0) is 0 Å². The van der Waals surface area contributed by atoms with Crippen molar-refractivity contribution in [3.8, 4) is 11.5 Å². The Balaban J connectivity index is 2.50. The van der Waals surface area contributed by atoms with Gasteiger partial charge in [0.1, 0.15) is 19.0 Å². The van der Waals surface area contributed by atoms with E-state index < -0.39 is 0 Å². The van der Waals surface area contributed by atoms with E-state index in [9.17, 15) is 4.39 Å². The zero-order valence-electron chi connectivity index (χ0n) is 8.50. The molecule has 0 bridgehead atoms. The van der Waals surface area contributed by atoms with Gasteiger partial charge in [0.05, 0.1) is 0 Å². The lowest BCUT2D eigenvalue weighted by Gasteiger charge is -2.23. The highest BCUT2D eigenvalue weighted by molar-refractivity contribution is 5.49. The third-order valence-corrected chi connectivity index (χ3v) is 2.46. The minimum Gasteiger partial charge on any atom is -0.486 e. The maximum Gasteiger partial charge on any atom is 0.167 e. The molecule has 0 radical (unpaired) electrons. The first-order chi connectivity index (χ1) is 7.24. The average Bonchev–Trinajstić information content (AvgIpc) is 2.28. The zero-order valence-corrected chi connectivity index (χ0v) is 8.50. The number of hydrogen-bond donors (Lipinski definition) is 1. The molecule has 1 aliphatic heterocycles. The first kappa shape index (κ1) is 10.2. The zero-order chi connectivity index (χ0) is 10.8. The maximum atomic E-state index is 13.6. The molecular weight excluding hydrogens is 199 g/mol. The van der Waals surface area contributed by atoms with E-state index in [-0.39, 0.29) is 18.3 Å². The first-order valence-electron chi connectivity index (χ1n) is 4.93. The average molecular weight is 212 g/mol. The van der Waals surface area contributed by atoms with Crippen LogP contribution in [0.2, 0.25) is 0 Å². The van der Waals surface area contributed by atoms with Crippen LogP contribution >= 0.6 is 0 Å². The molecule has 1 aliphatic rings. The minimum atomic E-state index is -0.360. The fraction of sp³-hybridized carbons (Fsp3) is 0.455. The van der Waals surface area contributed by atoms with Crippen LogP contribution in [0.5, 0.6) is 11.5 Å². The Morgan fingerprint density at radius 1 is 1.40 bits per heavy atom. The van der Waals surface area contributed by atoms with Gasteiger partial charge in [0.15, 0.2) is 11.5 Å². The molecule has 0 aliphatic carbocycles. The number of rotatable bonds is 2. The van der Waals surface area contributed by atoms with Crippen molar-refractivity contribution in [3.63, 3.8) is 0 Å². The highest BCUT2D eigenvalue weighted by Crippen LogP contribution is 2.39. The van der Waals surface area contributed by atoms with Gasteiger partial charge in [-0.3, -0.25) is 0 Å². The van der Waals surface area contributed by atoms with Gasteiger partial charge in [-0.25, -0.2) is 4.39 Å². The molecule has 0 fully saturated rings. The first-order valence-corrected chi connectivity index (χ1v) is 4.93. The van der Waals surface area contributed by atoms with E-state index in [1.165, 1.54) is 6.07 Å². The second-order valence-electron chi connectivity index (χ2n) is 3.57. The molecule has 0 saturated carbocycles. The Morgan fingerprint density at radius 3 is 2.87 bits per heavy atom. The van der Waals surface area contributed by atoms with Crippen molar-refractivity contribution >= 4 is 0 Å². The van der Waals surface area contributed by atoms with Crippen LogP contribution < -0.4 is 9.47 Å². The van der Waals surface area contributed by atoms with E-state index in [0.717, 1.165) is 0 Å². The quantitative estimate of drug-likeness (QED) is 0.810. The second-order valence-corrected chi connectivity index (χ2v) is 3.57. The van der Waals surface area contributed by atoms with Crippen LogP contribution in [-0.4, -0.2) is 24.9 Å². The van der Waals surface area contributed by atoms with Crippen LogP contribution in [0.4, 0.5) is 4.39 Å².